The third kappa shape index (κ3) is 2.20. The van der Waals surface area contributed by atoms with Crippen molar-refractivity contribution >= 4 is 10.0 Å². The van der Waals surface area contributed by atoms with Gasteiger partial charge in [0.15, 0.2) is 0 Å². The van der Waals surface area contributed by atoms with Crippen LogP contribution in [-0.2, 0) is 10.0 Å². The molecular weight excluding hydrogens is 240 g/mol. The molecule has 2 aromatic rings. The van der Waals surface area contributed by atoms with E-state index in [-0.39, 0.29) is 4.90 Å². The van der Waals surface area contributed by atoms with E-state index in [1.54, 1.807) is 24.4 Å². The molecule has 7 heteroatoms. The lowest BCUT2D eigenvalue weighted by molar-refractivity contribution is 0.587. The summed E-state index contributed by atoms with van der Waals surface area (Å²) in [6.45, 7) is 1.89. The summed E-state index contributed by atoms with van der Waals surface area (Å²) in [5.41, 5.74) is 1.43. The molecule has 0 saturated heterocycles. The summed E-state index contributed by atoms with van der Waals surface area (Å²) in [4.78, 5) is 0.177. The van der Waals surface area contributed by atoms with E-state index in [9.17, 15) is 8.42 Å². The van der Waals surface area contributed by atoms with Crippen molar-refractivity contribution in [3.05, 3.63) is 36.2 Å². The second-order valence-corrected chi connectivity index (χ2v) is 5.38. The van der Waals surface area contributed by atoms with Crippen LogP contribution in [0, 0.1) is 6.92 Å². The normalized spacial score (nSPS) is 11.6. The van der Waals surface area contributed by atoms with Crippen molar-refractivity contribution in [3.63, 3.8) is 0 Å². The van der Waals surface area contributed by atoms with Crippen LogP contribution in [0.5, 0.6) is 0 Å². The molecule has 2 rings (SSSR count). The van der Waals surface area contributed by atoms with Gasteiger partial charge in [-0.25, -0.2) is 17.8 Å². The largest absolute Gasteiger partial charge is 0.242 e. The lowest BCUT2D eigenvalue weighted by Gasteiger charge is -2.09. The summed E-state index contributed by atoms with van der Waals surface area (Å²) >= 11 is 0. The van der Waals surface area contributed by atoms with E-state index in [4.69, 9.17) is 0 Å². The molecule has 1 N–H and O–H groups in total. The Morgan fingerprint density at radius 1 is 1.35 bits per heavy atom. The van der Waals surface area contributed by atoms with E-state index >= 15 is 0 Å². The third-order valence-corrected chi connectivity index (χ3v) is 3.80. The molecule has 0 amide bonds. The molecule has 0 radical (unpaired) electrons. The van der Waals surface area contributed by atoms with Gasteiger partial charge >= 0.3 is 0 Å². The summed E-state index contributed by atoms with van der Waals surface area (Å²) in [6.07, 6.45) is 3.10. The maximum Gasteiger partial charge on any atom is 0.242 e. The number of hydrogen-bond donors (Lipinski definition) is 1. The van der Waals surface area contributed by atoms with Gasteiger partial charge in [0.1, 0.15) is 4.90 Å². The maximum absolute atomic E-state index is 11.9. The molecule has 1 aromatic heterocycles. The molecule has 0 unspecified atom stereocenters. The number of nitrogens with one attached hydrogen (secondary N) is 1. The second kappa shape index (κ2) is 4.27. The lowest BCUT2D eigenvalue weighted by atomic mass is 10.2. The Kier molecular flexibility index (Phi) is 2.95. The van der Waals surface area contributed by atoms with E-state index in [0.717, 1.165) is 5.56 Å². The Morgan fingerprint density at radius 2 is 2.12 bits per heavy atom. The number of nitrogens with zero attached hydrogens (tertiary/aromatic N) is 3. The Morgan fingerprint density at radius 3 is 2.71 bits per heavy atom. The quantitative estimate of drug-likeness (QED) is 0.862. The smallest absolute Gasteiger partial charge is 0.219 e. The molecule has 0 atom stereocenters. The Balaban J connectivity index is 2.69. The lowest BCUT2D eigenvalue weighted by Crippen LogP contribution is -2.20. The molecule has 0 aliphatic heterocycles. The summed E-state index contributed by atoms with van der Waals surface area (Å²) in [5, 5.41) is 7.49. The predicted octanol–water partition coefficient (Wildman–Crippen LogP) is 0.484. The molecule has 0 aliphatic rings. The van der Waals surface area contributed by atoms with Gasteiger partial charge in [0, 0.05) is 0 Å². The summed E-state index contributed by atoms with van der Waals surface area (Å²) < 4.78 is 27.4. The van der Waals surface area contributed by atoms with Gasteiger partial charge in [0.2, 0.25) is 10.0 Å². The van der Waals surface area contributed by atoms with Gasteiger partial charge in [-0.2, -0.15) is 0 Å². The van der Waals surface area contributed by atoms with Crippen molar-refractivity contribution in [3.8, 4) is 5.69 Å². The highest BCUT2D eigenvalue weighted by Gasteiger charge is 2.18. The van der Waals surface area contributed by atoms with Gasteiger partial charge in [-0.3, -0.25) is 0 Å². The number of benzene rings is 1. The molecule has 17 heavy (non-hydrogen) atoms. The monoisotopic (exact) mass is 252 g/mol. The fraction of sp³-hybridized carbons (Fsp3) is 0.200. The minimum absolute atomic E-state index is 0.177. The first-order valence-electron chi connectivity index (χ1n) is 4.95. The van der Waals surface area contributed by atoms with E-state index in [1.165, 1.54) is 17.9 Å². The standard InChI is InChI=1S/C10H12N4O2S/c1-8-3-4-10(17(15,16)11-2)9(7-8)14-6-5-12-13-14/h3-7,11H,1-2H3. The van der Waals surface area contributed by atoms with Gasteiger partial charge in [0.05, 0.1) is 18.1 Å². The van der Waals surface area contributed by atoms with E-state index in [1.807, 2.05) is 6.92 Å². The van der Waals surface area contributed by atoms with Crippen molar-refractivity contribution in [2.45, 2.75) is 11.8 Å². The highest BCUT2D eigenvalue weighted by Crippen LogP contribution is 2.20. The fourth-order valence-corrected chi connectivity index (χ4v) is 2.38. The van der Waals surface area contributed by atoms with Crippen LogP contribution in [0.25, 0.3) is 5.69 Å². The van der Waals surface area contributed by atoms with E-state index in [0.29, 0.717) is 5.69 Å². The van der Waals surface area contributed by atoms with E-state index < -0.39 is 10.0 Å². The number of aromatic nitrogens is 3. The average Bonchev–Trinajstić information content (AvgIpc) is 2.82. The third-order valence-electron chi connectivity index (χ3n) is 2.34. The Hall–Kier alpha value is -1.73. The van der Waals surface area contributed by atoms with Gasteiger partial charge in [-0.1, -0.05) is 11.3 Å². The van der Waals surface area contributed by atoms with E-state index in [2.05, 4.69) is 15.0 Å². The minimum Gasteiger partial charge on any atom is -0.219 e. The SMILES string of the molecule is CNS(=O)(=O)c1ccc(C)cc1-n1ccnn1. The number of sulfonamides is 1. The molecule has 0 bridgehead atoms. The van der Waals surface area contributed by atoms with Crippen molar-refractivity contribution < 1.29 is 8.42 Å². The van der Waals surface area contributed by atoms with Gasteiger partial charge in [0.25, 0.3) is 0 Å². The first-order chi connectivity index (χ1) is 8.04. The highest BCUT2D eigenvalue weighted by atomic mass is 32.2. The Labute approximate surface area is 99.3 Å². The fourth-order valence-electron chi connectivity index (χ4n) is 1.48. The molecule has 0 saturated carbocycles. The van der Waals surface area contributed by atoms with Crippen molar-refractivity contribution in [2.75, 3.05) is 7.05 Å². The van der Waals surface area contributed by atoms with Crippen LogP contribution in [0.3, 0.4) is 0 Å². The second-order valence-electron chi connectivity index (χ2n) is 3.53. The van der Waals surface area contributed by atoms with Crippen LogP contribution in [0.1, 0.15) is 5.56 Å². The van der Waals surface area contributed by atoms with Crippen LogP contribution in [0.15, 0.2) is 35.5 Å². The number of aryl methyl sites for hydroxylation is 1. The first kappa shape index (κ1) is 11.7. The molecule has 90 valence electrons. The van der Waals surface area contributed by atoms with Crippen molar-refractivity contribution in [1.29, 1.82) is 0 Å². The molecule has 1 heterocycles. The molecule has 0 spiro atoms. The predicted molar refractivity (Wildman–Crippen MR) is 62.3 cm³/mol. The summed E-state index contributed by atoms with van der Waals surface area (Å²) in [6, 6.07) is 5.04. The van der Waals surface area contributed by atoms with Gasteiger partial charge in [-0.05, 0) is 31.7 Å². The van der Waals surface area contributed by atoms with Crippen LogP contribution >= 0.6 is 0 Å². The van der Waals surface area contributed by atoms with Crippen LogP contribution in [0.4, 0.5) is 0 Å². The zero-order valence-corrected chi connectivity index (χ0v) is 10.3. The highest BCUT2D eigenvalue weighted by molar-refractivity contribution is 7.89. The Bertz CT molecular complexity index is 620. The van der Waals surface area contributed by atoms with Crippen LogP contribution in [0.2, 0.25) is 0 Å². The van der Waals surface area contributed by atoms with Gasteiger partial charge in [-0.15, -0.1) is 5.10 Å². The zero-order chi connectivity index (χ0) is 12.5. The van der Waals surface area contributed by atoms with Crippen LogP contribution < -0.4 is 4.72 Å². The van der Waals surface area contributed by atoms with Crippen LogP contribution in [-0.4, -0.2) is 30.5 Å². The summed E-state index contributed by atoms with van der Waals surface area (Å²) in [7, 11) is -2.13. The molecule has 0 fully saturated rings. The van der Waals surface area contributed by atoms with Gasteiger partial charge < -0.3 is 0 Å². The zero-order valence-electron chi connectivity index (χ0n) is 9.45. The maximum atomic E-state index is 11.9. The number of rotatable bonds is 3. The van der Waals surface area contributed by atoms with Crippen molar-refractivity contribution in [2.24, 2.45) is 0 Å². The summed E-state index contributed by atoms with van der Waals surface area (Å²) in [5.74, 6) is 0. The minimum atomic E-state index is -3.51. The molecule has 0 aliphatic carbocycles. The number of hydrogen-bond acceptors (Lipinski definition) is 4. The first-order valence-corrected chi connectivity index (χ1v) is 6.44. The van der Waals surface area contributed by atoms with Crippen molar-refractivity contribution in [1.82, 2.24) is 19.7 Å². The topological polar surface area (TPSA) is 76.9 Å². The molecular formula is C10H12N4O2S. The average molecular weight is 252 g/mol. The molecule has 1 aromatic carbocycles. The molecule has 6 nitrogen and oxygen atoms in total.